The van der Waals surface area contributed by atoms with Crippen LogP contribution in [0.3, 0.4) is 0 Å². The maximum atomic E-state index is 14.3. The zero-order valence-corrected chi connectivity index (χ0v) is 13.4. The van der Waals surface area contributed by atoms with Crippen LogP contribution in [0.1, 0.15) is 12.5 Å². The van der Waals surface area contributed by atoms with Crippen molar-refractivity contribution in [1.29, 1.82) is 0 Å². The molecule has 1 aliphatic heterocycles. The lowest BCUT2D eigenvalue weighted by atomic mass is 10.2. The van der Waals surface area contributed by atoms with Crippen LogP contribution in [0.4, 0.5) is 4.39 Å². The summed E-state index contributed by atoms with van der Waals surface area (Å²) >= 11 is 7.56. The molecule has 1 aromatic rings. The fourth-order valence-electron chi connectivity index (χ4n) is 2.15. The van der Waals surface area contributed by atoms with Crippen LogP contribution in [0, 0.1) is 5.82 Å². The second kappa shape index (κ2) is 6.19. The molecule has 0 saturated carbocycles. The van der Waals surface area contributed by atoms with Crippen LogP contribution >= 0.6 is 23.4 Å². The van der Waals surface area contributed by atoms with E-state index in [1.54, 1.807) is 11.8 Å². The third-order valence-electron chi connectivity index (χ3n) is 3.19. The van der Waals surface area contributed by atoms with Crippen LogP contribution in [-0.4, -0.2) is 36.8 Å². The molecule has 1 saturated heterocycles. The van der Waals surface area contributed by atoms with Gasteiger partial charge in [0, 0.05) is 41.2 Å². The Bertz CT molecular complexity index is 610. The van der Waals surface area contributed by atoms with Gasteiger partial charge in [0.2, 0.25) is 10.0 Å². The summed E-state index contributed by atoms with van der Waals surface area (Å²) in [7, 11) is -3.89. The van der Waals surface area contributed by atoms with E-state index in [4.69, 9.17) is 17.3 Å². The topological polar surface area (TPSA) is 63.4 Å². The van der Waals surface area contributed by atoms with Crippen molar-refractivity contribution in [3.8, 4) is 0 Å². The minimum absolute atomic E-state index is 0.0969. The van der Waals surface area contributed by atoms with Gasteiger partial charge in [-0.3, -0.25) is 0 Å². The molecule has 0 amide bonds. The molecule has 8 heteroatoms. The molecule has 1 heterocycles. The first kappa shape index (κ1) is 16.0. The van der Waals surface area contributed by atoms with Crippen LogP contribution in [0.5, 0.6) is 0 Å². The van der Waals surface area contributed by atoms with Crippen LogP contribution in [0.15, 0.2) is 17.0 Å². The molecule has 1 atom stereocenters. The molecule has 20 heavy (non-hydrogen) atoms. The summed E-state index contributed by atoms with van der Waals surface area (Å²) in [6.07, 6.45) is 0. The summed E-state index contributed by atoms with van der Waals surface area (Å²) in [6.45, 7) is 2.09. The van der Waals surface area contributed by atoms with Crippen molar-refractivity contribution in [3.63, 3.8) is 0 Å². The van der Waals surface area contributed by atoms with Gasteiger partial charge in [-0.25, -0.2) is 12.8 Å². The van der Waals surface area contributed by atoms with Crippen LogP contribution in [0.25, 0.3) is 0 Å². The lowest BCUT2D eigenvalue weighted by molar-refractivity contribution is 0.365. The van der Waals surface area contributed by atoms with E-state index in [-0.39, 0.29) is 28.1 Å². The van der Waals surface area contributed by atoms with E-state index in [1.165, 1.54) is 10.4 Å². The third-order valence-corrected chi connectivity index (χ3v) is 6.61. The van der Waals surface area contributed by atoms with Gasteiger partial charge in [0.05, 0.1) is 0 Å². The number of hydrogen-bond acceptors (Lipinski definition) is 4. The highest BCUT2D eigenvalue weighted by Crippen LogP contribution is 2.29. The fourth-order valence-corrected chi connectivity index (χ4v) is 5.44. The molecule has 2 rings (SSSR count). The van der Waals surface area contributed by atoms with E-state index in [2.05, 4.69) is 0 Å². The average molecular weight is 339 g/mol. The molecule has 0 radical (unpaired) electrons. The second-order valence-corrected chi connectivity index (χ2v) is 8.07. The van der Waals surface area contributed by atoms with Gasteiger partial charge in [-0.15, -0.1) is 0 Å². The lowest BCUT2D eigenvalue weighted by Crippen LogP contribution is -2.44. The third kappa shape index (κ3) is 2.96. The highest BCUT2D eigenvalue weighted by atomic mass is 35.5. The number of nitrogens with two attached hydrogens (primary N) is 1. The van der Waals surface area contributed by atoms with E-state index < -0.39 is 15.8 Å². The molecule has 1 fully saturated rings. The normalized spacial score (nSPS) is 21.1. The van der Waals surface area contributed by atoms with Crippen molar-refractivity contribution in [2.45, 2.75) is 24.4 Å². The van der Waals surface area contributed by atoms with E-state index in [1.807, 2.05) is 6.92 Å². The van der Waals surface area contributed by atoms with Crippen molar-refractivity contribution in [2.24, 2.45) is 5.73 Å². The number of benzene rings is 1. The smallest absolute Gasteiger partial charge is 0.246 e. The highest BCUT2D eigenvalue weighted by Gasteiger charge is 2.34. The van der Waals surface area contributed by atoms with Crippen molar-refractivity contribution in [1.82, 2.24) is 4.31 Å². The first-order valence-corrected chi connectivity index (χ1v) is 9.12. The van der Waals surface area contributed by atoms with Gasteiger partial charge in [-0.1, -0.05) is 11.6 Å². The molecule has 0 bridgehead atoms. The zero-order chi connectivity index (χ0) is 14.9. The van der Waals surface area contributed by atoms with E-state index >= 15 is 0 Å². The molecule has 0 aromatic heterocycles. The maximum Gasteiger partial charge on any atom is 0.246 e. The molecule has 1 unspecified atom stereocenters. The van der Waals surface area contributed by atoms with Crippen molar-refractivity contribution in [2.75, 3.05) is 18.1 Å². The Morgan fingerprint density at radius 1 is 1.55 bits per heavy atom. The quantitative estimate of drug-likeness (QED) is 0.916. The van der Waals surface area contributed by atoms with Gasteiger partial charge in [-0.05, 0) is 19.1 Å². The Morgan fingerprint density at radius 3 is 2.85 bits per heavy atom. The molecule has 0 spiro atoms. The average Bonchev–Trinajstić information content (AvgIpc) is 2.41. The zero-order valence-electron chi connectivity index (χ0n) is 11.0. The minimum Gasteiger partial charge on any atom is -0.326 e. The molecular weight excluding hydrogens is 323 g/mol. The number of hydrogen-bond donors (Lipinski definition) is 1. The summed E-state index contributed by atoms with van der Waals surface area (Å²) in [6, 6.07) is 2.34. The number of halogens is 2. The first-order valence-electron chi connectivity index (χ1n) is 6.15. The lowest BCUT2D eigenvalue weighted by Gasteiger charge is -2.32. The summed E-state index contributed by atoms with van der Waals surface area (Å²) in [5.41, 5.74) is 5.53. The Kier molecular flexibility index (Phi) is 4.96. The summed E-state index contributed by atoms with van der Waals surface area (Å²) in [5.74, 6) is 0.600. The largest absolute Gasteiger partial charge is 0.326 e. The Morgan fingerprint density at radius 2 is 2.25 bits per heavy atom. The molecule has 4 nitrogen and oxygen atoms in total. The standard InChI is InChI=1S/C12H16ClFN2O2S2/c1-8-7-19-3-2-16(8)20(17,18)11-5-10(13)4-9(6-15)12(11)14/h4-5,8H,2-3,6-7,15H2,1H3. The van der Waals surface area contributed by atoms with Gasteiger partial charge >= 0.3 is 0 Å². The SMILES string of the molecule is CC1CSCCN1S(=O)(=O)c1cc(Cl)cc(CN)c1F. The number of thioether (sulfide) groups is 1. The molecule has 1 aromatic carbocycles. The first-order chi connectivity index (χ1) is 9.37. The van der Waals surface area contributed by atoms with E-state index in [9.17, 15) is 12.8 Å². The van der Waals surface area contributed by atoms with Crippen LogP contribution in [0.2, 0.25) is 5.02 Å². The fraction of sp³-hybridized carbons (Fsp3) is 0.500. The molecule has 0 aliphatic carbocycles. The molecule has 1 aliphatic rings. The predicted molar refractivity (Wildman–Crippen MR) is 80.0 cm³/mol. The number of rotatable bonds is 3. The van der Waals surface area contributed by atoms with E-state index in [0.29, 0.717) is 18.1 Å². The van der Waals surface area contributed by atoms with Crippen molar-refractivity contribution in [3.05, 3.63) is 28.5 Å². The Balaban J connectivity index is 2.51. The van der Waals surface area contributed by atoms with E-state index in [0.717, 1.165) is 6.07 Å². The number of nitrogens with zero attached hydrogens (tertiary/aromatic N) is 1. The summed E-state index contributed by atoms with van der Waals surface area (Å²) in [4.78, 5) is -0.385. The van der Waals surface area contributed by atoms with Gasteiger partial charge < -0.3 is 5.73 Å². The summed E-state index contributed by atoms with van der Waals surface area (Å²) < 4.78 is 40.8. The molecular formula is C12H16ClFN2O2S2. The predicted octanol–water partition coefficient (Wildman–Crippen LogP) is 2.06. The van der Waals surface area contributed by atoms with Crippen LogP contribution in [-0.2, 0) is 16.6 Å². The van der Waals surface area contributed by atoms with Gasteiger partial charge in [0.25, 0.3) is 0 Å². The summed E-state index contributed by atoms with van der Waals surface area (Å²) in [5, 5.41) is 0.171. The van der Waals surface area contributed by atoms with Crippen molar-refractivity contribution >= 4 is 33.4 Å². The maximum absolute atomic E-state index is 14.3. The van der Waals surface area contributed by atoms with Crippen molar-refractivity contribution < 1.29 is 12.8 Å². The minimum atomic E-state index is -3.89. The monoisotopic (exact) mass is 338 g/mol. The van der Waals surface area contributed by atoms with Gasteiger partial charge in [-0.2, -0.15) is 16.1 Å². The molecule has 2 N–H and O–H groups in total. The highest BCUT2D eigenvalue weighted by molar-refractivity contribution is 7.99. The second-order valence-electron chi connectivity index (χ2n) is 4.62. The van der Waals surface area contributed by atoms with Gasteiger partial charge in [0.15, 0.2) is 0 Å². The Labute approximate surface area is 127 Å². The van der Waals surface area contributed by atoms with Crippen LogP contribution < -0.4 is 5.73 Å². The Hall–Kier alpha value is -0.340. The number of sulfonamides is 1. The van der Waals surface area contributed by atoms with Gasteiger partial charge in [0.1, 0.15) is 10.7 Å². The molecule has 112 valence electrons.